The van der Waals surface area contributed by atoms with E-state index in [4.69, 9.17) is 5.73 Å². The van der Waals surface area contributed by atoms with Crippen LogP contribution in [0.2, 0.25) is 0 Å². The van der Waals surface area contributed by atoms with Crippen LogP contribution in [0, 0.1) is 5.41 Å². The summed E-state index contributed by atoms with van der Waals surface area (Å²) in [5.74, 6) is 1.10. The van der Waals surface area contributed by atoms with Crippen LogP contribution < -0.4 is 10.6 Å². The van der Waals surface area contributed by atoms with Crippen molar-refractivity contribution in [1.82, 2.24) is 4.98 Å². The first kappa shape index (κ1) is 12.4. The molecule has 1 saturated heterocycles. The summed E-state index contributed by atoms with van der Waals surface area (Å²) >= 11 is 0. The molecule has 1 aromatic heterocycles. The summed E-state index contributed by atoms with van der Waals surface area (Å²) < 4.78 is 0. The van der Waals surface area contributed by atoms with Gasteiger partial charge < -0.3 is 10.6 Å². The monoisotopic (exact) mass is 233 g/mol. The number of nitrogens with two attached hydrogens (primary N) is 1. The number of aromatic nitrogens is 1. The van der Waals surface area contributed by atoms with Crippen molar-refractivity contribution in [2.24, 2.45) is 11.1 Å². The van der Waals surface area contributed by atoms with Crippen LogP contribution in [-0.4, -0.2) is 18.1 Å². The van der Waals surface area contributed by atoms with Crippen LogP contribution in [0.15, 0.2) is 18.3 Å². The van der Waals surface area contributed by atoms with Gasteiger partial charge in [-0.1, -0.05) is 19.9 Å². The first-order valence-electron chi connectivity index (χ1n) is 6.63. The largest absolute Gasteiger partial charge is 0.356 e. The molecule has 0 spiro atoms. The third kappa shape index (κ3) is 2.29. The van der Waals surface area contributed by atoms with Crippen LogP contribution in [0.5, 0.6) is 0 Å². The minimum atomic E-state index is 0.489. The van der Waals surface area contributed by atoms with E-state index in [1.807, 2.05) is 12.3 Å². The number of nitrogens with zero attached hydrogens (tertiary/aromatic N) is 2. The number of rotatable bonds is 4. The molecule has 0 aromatic carbocycles. The number of anilines is 1. The van der Waals surface area contributed by atoms with Crippen molar-refractivity contribution in [3.8, 4) is 0 Å². The van der Waals surface area contributed by atoms with E-state index < -0.39 is 0 Å². The fourth-order valence-corrected chi connectivity index (χ4v) is 2.82. The number of hydrogen-bond acceptors (Lipinski definition) is 3. The molecular weight excluding hydrogens is 210 g/mol. The van der Waals surface area contributed by atoms with E-state index in [9.17, 15) is 0 Å². The molecule has 94 valence electrons. The van der Waals surface area contributed by atoms with E-state index in [0.717, 1.165) is 24.5 Å². The van der Waals surface area contributed by atoms with Crippen LogP contribution >= 0.6 is 0 Å². The first-order valence-corrected chi connectivity index (χ1v) is 6.63. The van der Waals surface area contributed by atoms with E-state index >= 15 is 0 Å². The lowest BCUT2D eigenvalue weighted by molar-refractivity contribution is 0.301. The Balaban J connectivity index is 2.20. The van der Waals surface area contributed by atoms with Gasteiger partial charge in [0.05, 0.1) is 0 Å². The summed E-state index contributed by atoms with van der Waals surface area (Å²) in [5, 5.41) is 0. The van der Waals surface area contributed by atoms with Crippen LogP contribution in [0.1, 0.15) is 38.7 Å². The summed E-state index contributed by atoms with van der Waals surface area (Å²) in [5.41, 5.74) is 7.44. The Kier molecular flexibility index (Phi) is 3.67. The van der Waals surface area contributed by atoms with Gasteiger partial charge in [-0.25, -0.2) is 4.98 Å². The molecule has 3 heteroatoms. The normalized spacial score (nSPS) is 18.6. The fraction of sp³-hybridized carbons (Fsp3) is 0.643. The summed E-state index contributed by atoms with van der Waals surface area (Å²) in [6.07, 6.45) is 5.66. The SMILES string of the molecule is CCC1(CC)CCN(c2ncccc2CN)C1. The standard InChI is InChI=1S/C14H23N3/c1-3-14(4-2)7-9-17(11-14)13-12(10-15)6-5-8-16-13/h5-6,8H,3-4,7,9-11,15H2,1-2H3. The molecule has 17 heavy (non-hydrogen) atoms. The Labute approximate surface area is 104 Å². The molecule has 0 amide bonds. The predicted molar refractivity (Wildman–Crippen MR) is 72.0 cm³/mol. The minimum Gasteiger partial charge on any atom is -0.356 e. The molecule has 0 atom stereocenters. The lowest BCUT2D eigenvalue weighted by atomic mass is 9.82. The molecule has 0 radical (unpaired) electrons. The van der Waals surface area contributed by atoms with Gasteiger partial charge in [-0.2, -0.15) is 0 Å². The predicted octanol–water partition coefficient (Wildman–Crippen LogP) is 2.56. The maximum atomic E-state index is 5.78. The maximum absolute atomic E-state index is 5.78. The van der Waals surface area contributed by atoms with Crippen molar-refractivity contribution in [3.05, 3.63) is 23.9 Å². The van der Waals surface area contributed by atoms with Gasteiger partial charge in [-0.15, -0.1) is 0 Å². The van der Waals surface area contributed by atoms with Gasteiger partial charge in [-0.3, -0.25) is 0 Å². The summed E-state index contributed by atoms with van der Waals surface area (Å²) in [6.45, 7) is 7.42. The smallest absolute Gasteiger partial charge is 0.133 e. The molecule has 0 bridgehead atoms. The van der Waals surface area contributed by atoms with Gasteiger partial charge in [-0.05, 0) is 30.7 Å². The molecule has 0 saturated carbocycles. The summed E-state index contributed by atoms with van der Waals surface area (Å²) in [4.78, 5) is 6.92. The Hall–Kier alpha value is -1.09. The topological polar surface area (TPSA) is 42.2 Å². The third-order valence-electron chi connectivity index (χ3n) is 4.33. The van der Waals surface area contributed by atoms with Crippen molar-refractivity contribution < 1.29 is 0 Å². The van der Waals surface area contributed by atoms with E-state index in [-0.39, 0.29) is 0 Å². The average Bonchev–Trinajstić information content (AvgIpc) is 2.83. The minimum absolute atomic E-state index is 0.489. The molecule has 0 unspecified atom stereocenters. The van der Waals surface area contributed by atoms with Crippen molar-refractivity contribution in [2.45, 2.75) is 39.7 Å². The lowest BCUT2D eigenvalue weighted by Crippen LogP contribution is -2.27. The van der Waals surface area contributed by atoms with Gasteiger partial charge in [0.15, 0.2) is 0 Å². The van der Waals surface area contributed by atoms with Gasteiger partial charge in [0.2, 0.25) is 0 Å². The van der Waals surface area contributed by atoms with Gasteiger partial charge in [0.25, 0.3) is 0 Å². The number of hydrogen-bond donors (Lipinski definition) is 1. The highest BCUT2D eigenvalue weighted by molar-refractivity contribution is 5.48. The Bertz CT molecular complexity index is 371. The maximum Gasteiger partial charge on any atom is 0.133 e. The van der Waals surface area contributed by atoms with Gasteiger partial charge in [0.1, 0.15) is 5.82 Å². The first-order chi connectivity index (χ1) is 8.24. The summed E-state index contributed by atoms with van der Waals surface area (Å²) in [7, 11) is 0. The summed E-state index contributed by atoms with van der Waals surface area (Å²) in [6, 6.07) is 4.05. The Morgan fingerprint density at radius 1 is 1.41 bits per heavy atom. The molecule has 2 heterocycles. The van der Waals surface area contributed by atoms with E-state index in [0.29, 0.717) is 12.0 Å². The zero-order valence-electron chi connectivity index (χ0n) is 10.9. The Morgan fingerprint density at radius 3 is 2.76 bits per heavy atom. The van der Waals surface area contributed by atoms with Crippen LogP contribution in [0.4, 0.5) is 5.82 Å². The highest BCUT2D eigenvalue weighted by Crippen LogP contribution is 2.39. The van der Waals surface area contributed by atoms with Crippen LogP contribution in [0.25, 0.3) is 0 Å². The second-order valence-corrected chi connectivity index (χ2v) is 5.07. The van der Waals surface area contributed by atoms with Crippen molar-refractivity contribution in [1.29, 1.82) is 0 Å². The van der Waals surface area contributed by atoms with Crippen molar-refractivity contribution in [2.75, 3.05) is 18.0 Å². The molecule has 1 fully saturated rings. The van der Waals surface area contributed by atoms with E-state index in [1.165, 1.54) is 19.3 Å². The van der Waals surface area contributed by atoms with Crippen LogP contribution in [-0.2, 0) is 6.54 Å². The molecule has 1 aromatic rings. The molecule has 2 rings (SSSR count). The van der Waals surface area contributed by atoms with Crippen molar-refractivity contribution >= 4 is 5.82 Å². The van der Waals surface area contributed by atoms with E-state index in [1.54, 1.807) is 0 Å². The lowest BCUT2D eigenvalue weighted by Gasteiger charge is -2.27. The third-order valence-corrected chi connectivity index (χ3v) is 4.33. The van der Waals surface area contributed by atoms with Gasteiger partial charge in [0, 0.05) is 31.4 Å². The zero-order chi connectivity index (χ0) is 12.3. The molecule has 2 N–H and O–H groups in total. The second-order valence-electron chi connectivity index (χ2n) is 5.07. The van der Waals surface area contributed by atoms with Crippen molar-refractivity contribution in [3.63, 3.8) is 0 Å². The molecule has 1 aliphatic heterocycles. The quantitative estimate of drug-likeness (QED) is 0.869. The zero-order valence-corrected chi connectivity index (χ0v) is 10.9. The Morgan fingerprint density at radius 2 is 2.18 bits per heavy atom. The molecular formula is C14H23N3. The second kappa shape index (κ2) is 5.05. The number of pyridine rings is 1. The highest BCUT2D eigenvalue weighted by Gasteiger charge is 2.35. The van der Waals surface area contributed by atoms with Crippen LogP contribution in [0.3, 0.4) is 0 Å². The fourth-order valence-electron chi connectivity index (χ4n) is 2.82. The average molecular weight is 233 g/mol. The molecule has 0 aliphatic carbocycles. The van der Waals surface area contributed by atoms with E-state index in [2.05, 4.69) is 29.8 Å². The molecule has 1 aliphatic rings. The molecule has 3 nitrogen and oxygen atoms in total. The van der Waals surface area contributed by atoms with Gasteiger partial charge >= 0.3 is 0 Å². The highest BCUT2D eigenvalue weighted by atomic mass is 15.2.